The summed E-state index contributed by atoms with van der Waals surface area (Å²) in [5.74, 6) is -6.22. The van der Waals surface area contributed by atoms with Crippen molar-refractivity contribution in [2.24, 2.45) is 11.7 Å². The number of carbonyl (C=O) groups is 8. The van der Waals surface area contributed by atoms with E-state index >= 15 is 0 Å². The number of ketones is 1. The molecule has 0 saturated heterocycles. The highest BCUT2D eigenvalue weighted by atomic mass is 16.4. The van der Waals surface area contributed by atoms with E-state index in [4.69, 9.17) is 10.8 Å². The summed E-state index contributed by atoms with van der Waals surface area (Å²) >= 11 is 0. The number of benzene rings is 2. The summed E-state index contributed by atoms with van der Waals surface area (Å²) in [7, 11) is 3.73. The molecule has 0 fully saturated rings. The van der Waals surface area contributed by atoms with Gasteiger partial charge in [0.05, 0.1) is 6.04 Å². The first kappa shape index (κ1) is 49.0. The van der Waals surface area contributed by atoms with E-state index in [1.807, 2.05) is 25.1 Å². The summed E-state index contributed by atoms with van der Waals surface area (Å²) in [5.41, 5.74) is 7.80. The van der Waals surface area contributed by atoms with Gasteiger partial charge in [-0.25, -0.2) is 4.79 Å². The van der Waals surface area contributed by atoms with Crippen LogP contribution in [-0.4, -0.2) is 108 Å². The van der Waals surface area contributed by atoms with Crippen molar-refractivity contribution in [3.8, 4) is 0 Å². The molecule has 7 N–H and O–H groups in total. The van der Waals surface area contributed by atoms with Gasteiger partial charge in [-0.2, -0.15) is 0 Å². The molecule has 16 nitrogen and oxygen atoms in total. The monoisotopic (exact) mass is 836 g/mol. The van der Waals surface area contributed by atoms with Crippen LogP contribution in [0.3, 0.4) is 0 Å². The number of Topliss-reactive ketones (excluding diaryl/α,β-unsaturated/α-hetero) is 1. The van der Waals surface area contributed by atoms with E-state index in [0.29, 0.717) is 48.7 Å². The van der Waals surface area contributed by atoms with Crippen molar-refractivity contribution in [1.29, 1.82) is 0 Å². The number of hydrogen-bond donors (Lipinski definition) is 6. The molecule has 5 amide bonds. The zero-order valence-corrected chi connectivity index (χ0v) is 35.4. The summed E-state index contributed by atoms with van der Waals surface area (Å²) in [4.78, 5) is 105. The largest absolute Gasteiger partial charge is 0.481 e. The average molecular weight is 837 g/mol. The second-order valence-electron chi connectivity index (χ2n) is 15.8. The van der Waals surface area contributed by atoms with Crippen LogP contribution in [0, 0.1) is 5.92 Å². The van der Waals surface area contributed by atoms with E-state index < -0.39 is 59.4 Å². The molecule has 0 radical (unpaired) electrons. The normalized spacial score (nSPS) is 13.7. The summed E-state index contributed by atoms with van der Waals surface area (Å²) in [6.07, 6.45) is 8.78. The van der Waals surface area contributed by atoms with Crippen LogP contribution >= 0.6 is 0 Å². The molecular formula is C44H64N6O10. The van der Waals surface area contributed by atoms with Crippen molar-refractivity contribution >= 4 is 63.7 Å². The Kier molecular flexibility index (Phi) is 20.6. The number of amides is 5. The molecule has 0 aromatic heterocycles. The van der Waals surface area contributed by atoms with Crippen molar-refractivity contribution < 1.29 is 48.6 Å². The summed E-state index contributed by atoms with van der Waals surface area (Å²) in [6.45, 7) is 2.24. The third kappa shape index (κ3) is 15.3. The number of hydrogen-bond acceptors (Lipinski definition) is 10. The fourth-order valence-electron chi connectivity index (χ4n) is 7.35. The average Bonchev–Trinajstić information content (AvgIpc) is 3.20. The Labute approximate surface area is 352 Å². The molecule has 16 heteroatoms. The number of aliphatic carboxylic acids is 2. The van der Waals surface area contributed by atoms with E-state index in [1.165, 1.54) is 25.7 Å². The number of carboxylic acids is 2. The predicted molar refractivity (Wildman–Crippen MR) is 227 cm³/mol. The van der Waals surface area contributed by atoms with E-state index in [-0.39, 0.29) is 57.5 Å². The Bertz CT molecular complexity index is 1810. The zero-order valence-electron chi connectivity index (χ0n) is 35.4. The molecule has 1 aliphatic rings. The topological polar surface area (TPSA) is 246 Å². The Morgan fingerprint density at radius 1 is 0.733 bits per heavy atom. The second kappa shape index (κ2) is 25.3. The van der Waals surface area contributed by atoms with Gasteiger partial charge in [0.15, 0.2) is 0 Å². The molecular weight excluding hydrogens is 773 g/mol. The zero-order chi connectivity index (χ0) is 44.2. The molecule has 60 heavy (non-hydrogen) atoms. The van der Waals surface area contributed by atoms with Crippen molar-refractivity contribution in [3.05, 3.63) is 41.5 Å². The number of nitrogens with two attached hydrogens (primary N) is 1. The van der Waals surface area contributed by atoms with Crippen molar-refractivity contribution in [1.82, 2.24) is 20.9 Å². The van der Waals surface area contributed by atoms with Gasteiger partial charge < -0.3 is 36.8 Å². The molecule has 2 aromatic carbocycles. The summed E-state index contributed by atoms with van der Waals surface area (Å²) in [6, 6.07) is 6.41. The van der Waals surface area contributed by atoms with Crippen LogP contribution < -0.4 is 26.6 Å². The number of rotatable bonds is 30. The SMILES string of the molecule is CCCCCCCCCC(=O)NCCCC[C@H](N)C(=O)C[C@H](CCN1C(=O)c2cccc3c(N(C)C)ccc(c23)C1=O)C(=O)NCC[C@@H](NC(=O)CCCC(=O)O)C(=O)O. The second-order valence-corrected chi connectivity index (χ2v) is 15.8. The third-order valence-electron chi connectivity index (χ3n) is 10.8. The molecule has 0 saturated carbocycles. The lowest BCUT2D eigenvalue weighted by Crippen LogP contribution is -2.45. The van der Waals surface area contributed by atoms with Crippen LogP contribution in [0.4, 0.5) is 5.69 Å². The number of nitrogens with zero attached hydrogens (tertiary/aromatic N) is 2. The standard InChI is InChI=1S/C44H64N6O10/c1-4-5-6-7-8-9-10-18-37(52)46-25-12-11-17-33(45)36(51)28-29(41(56)47-26-23-34(44(59)60)48-38(53)19-14-20-39(54)55)24-27-50-42(57)31-16-13-15-30-35(49(2)3)22-21-32(40(30)31)43(50)58/h13,15-16,21-22,29,33-34H,4-12,14,17-20,23-28,45H2,1-3H3,(H,46,52)(H,47,56)(H,48,53)(H,54,55)(H,59,60)/t29-,33-,34+/m0/s1. The molecule has 3 atom stereocenters. The summed E-state index contributed by atoms with van der Waals surface area (Å²) in [5, 5.41) is 27.7. The fourth-order valence-corrected chi connectivity index (χ4v) is 7.35. The number of imide groups is 1. The maximum Gasteiger partial charge on any atom is 0.326 e. The van der Waals surface area contributed by atoms with Gasteiger partial charge >= 0.3 is 11.9 Å². The van der Waals surface area contributed by atoms with Crippen LogP contribution in [0.2, 0.25) is 0 Å². The number of carboxylic acid groups (broad SMARTS) is 2. The van der Waals surface area contributed by atoms with E-state index in [2.05, 4.69) is 22.9 Å². The van der Waals surface area contributed by atoms with Gasteiger partial charge in [0.1, 0.15) is 11.8 Å². The lowest BCUT2D eigenvalue weighted by Gasteiger charge is -2.29. The minimum atomic E-state index is -1.37. The molecule has 330 valence electrons. The number of carbonyl (C=O) groups excluding carboxylic acids is 6. The van der Waals surface area contributed by atoms with Gasteiger partial charge in [-0.1, -0.05) is 57.6 Å². The minimum Gasteiger partial charge on any atom is -0.481 e. The molecule has 1 aliphatic heterocycles. The molecule has 1 heterocycles. The Morgan fingerprint density at radius 3 is 2.07 bits per heavy atom. The van der Waals surface area contributed by atoms with Crippen LogP contribution in [0.5, 0.6) is 0 Å². The smallest absolute Gasteiger partial charge is 0.326 e. The van der Waals surface area contributed by atoms with Crippen molar-refractivity contribution in [3.63, 3.8) is 0 Å². The highest BCUT2D eigenvalue weighted by molar-refractivity contribution is 6.26. The Hall–Kier alpha value is -5.38. The van der Waals surface area contributed by atoms with E-state index in [1.54, 1.807) is 24.3 Å². The summed E-state index contributed by atoms with van der Waals surface area (Å²) < 4.78 is 0. The molecule has 0 aliphatic carbocycles. The first-order valence-electron chi connectivity index (χ1n) is 21.3. The van der Waals surface area contributed by atoms with Crippen LogP contribution in [0.25, 0.3) is 10.8 Å². The first-order valence-corrected chi connectivity index (χ1v) is 21.3. The molecule has 2 aromatic rings. The third-order valence-corrected chi connectivity index (χ3v) is 10.8. The number of anilines is 1. The number of nitrogens with one attached hydrogen (secondary N) is 3. The van der Waals surface area contributed by atoms with E-state index in [9.17, 15) is 43.5 Å². The Morgan fingerprint density at radius 2 is 1.40 bits per heavy atom. The van der Waals surface area contributed by atoms with Gasteiger partial charge in [0.25, 0.3) is 11.8 Å². The highest BCUT2D eigenvalue weighted by Gasteiger charge is 2.35. The predicted octanol–water partition coefficient (Wildman–Crippen LogP) is 4.55. The molecule has 0 unspecified atom stereocenters. The highest BCUT2D eigenvalue weighted by Crippen LogP contribution is 2.35. The lowest BCUT2D eigenvalue weighted by molar-refractivity contribution is -0.142. The van der Waals surface area contributed by atoms with Crippen LogP contribution in [0.15, 0.2) is 30.3 Å². The molecule has 0 spiro atoms. The molecule has 0 bridgehead atoms. The van der Waals surface area contributed by atoms with Crippen LogP contribution in [0.1, 0.15) is 137 Å². The van der Waals surface area contributed by atoms with Gasteiger partial charge in [0, 0.05) is 92.9 Å². The maximum atomic E-state index is 13.8. The van der Waals surface area contributed by atoms with Gasteiger partial charge in [-0.05, 0) is 63.1 Å². The van der Waals surface area contributed by atoms with Gasteiger partial charge in [-0.15, -0.1) is 0 Å². The first-order chi connectivity index (χ1) is 28.7. The Balaban J connectivity index is 1.62. The quantitative estimate of drug-likeness (QED) is 0.0469. The van der Waals surface area contributed by atoms with Crippen molar-refractivity contribution in [2.45, 2.75) is 128 Å². The fraction of sp³-hybridized carbons (Fsp3) is 0.591. The number of unbranched alkanes of at least 4 members (excludes halogenated alkanes) is 7. The maximum absolute atomic E-state index is 13.8. The van der Waals surface area contributed by atoms with Crippen LogP contribution in [-0.2, 0) is 28.8 Å². The minimum absolute atomic E-state index is 0.00487. The van der Waals surface area contributed by atoms with Gasteiger partial charge in [0.2, 0.25) is 17.7 Å². The van der Waals surface area contributed by atoms with Crippen molar-refractivity contribution in [2.75, 3.05) is 38.6 Å². The van der Waals surface area contributed by atoms with Gasteiger partial charge in [-0.3, -0.25) is 38.5 Å². The van der Waals surface area contributed by atoms with E-state index in [0.717, 1.165) is 35.2 Å². The molecule has 3 rings (SSSR count). The lowest BCUT2D eigenvalue weighted by atomic mass is 9.90.